The molecule has 0 unspecified atom stereocenters. The minimum absolute atomic E-state index is 0.308. The molecular weight excluding hydrogens is 360 g/mol. The second-order valence-corrected chi connectivity index (χ2v) is 7.73. The van der Waals surface area contributed by atoms with Gasteiger partial charge in [0, 0.05) is 32.2 Å². The first-order valence-electron chi connectivity index (χ1n) is 10.2. The lowest BCUT2D eigenvalue weighted by Gasteiger charge is -2.28. The van der Waals surface area contributed by atoms with Crippen LogP contribution in [0.1, 0.15) is 30.7 Å². The van der Waals surface area contributed by atoms with Gasteiger partial charge in [0.25, 0.3) is 0 Å². The Balaban J connectivity index is 1.52. The highest BCUT2D eigenvalue weighted by atomic mass is 16.5. The van der Waals surface area contributed by atoms with Gasteiger partial charge in [-0.05, 0) is 25.0 Å². The summed E-state index contributed by atoms with van der Waals surface area (Å²) in [6.07, 6.45) is 1.89. The topological polar surface area (TPSA) is 41.5 Å². The van der Waals surface area contributed by atoms with Crippen LogP contribution in [0, 0.1) is 0 Å². The Labute approximate surface area is 173 Å². The Kier molecular flexibility index (Phi) is 6.06. The van der Waals surface area contributed by atoms with Crippen molar-refractivity contribution in [2.24, 2.45) is 0 Å². The molecule has 3 aromatic rings. The third-order valence-electron chi connectivity index (χ3n) is 5.18. The van der Waals surface area contributed by atoms with Crippen LogP contribution in [0.5, 0.6) is 5.88 Å². The molecule has 0 aliphatic carbocycles. The van der Waals surface area contributed by atoms with Gasteiger partial charge in [0.2, 0.25) is 5.88 Å². The molecule has 1 aliphatic heterocycles. The summed E-state index contributed by atoms with van der Waals surface area (Å²) in [5.41, 5.74) is 3.47. The maximum atomic E-state index is 6.00. The number of fused-ring (bicyclic) bond motifs is 1. The molecule has 0 atom stereocenters. The van der Waals surface area contributed by atoms with E-state index in [2.05, 4.69) is 72.2 Å². The average molecular weight is 389 g/mol. The van der Waals surface area contributed by atoms with Crippen molar-refractivity contribution in [3.8, 4) is 5.88 Å². The van der Waals surface area contributed by atoms with E-state index in [9.17, 15) is 0 Å². The Morgan fingerprint density at radius 3 is 2.38 bits per heavy atom. The summed E-state index contributed by atoms with van der Waals surface area (Å²) >= 11 is 0. The molecule has 2 aromatic carbocycles. The van der Waals surface area contributed by atoms with Gasteiger partial charge in [0.05, 0.1) is 6.20 Å². The number of nitrogens with zero attached hydrogens (tertiary/aromatic N) is 4. The van der Waals surface area contributed by atoms with Crippen molar-refractivity contribution >= 4 is 5.82 Å². The van der Waals surface area contributed by atoms with Crippen molar-refractivity contribution in [1.29, 1.82) is 0 Å². The zero-order chi connectivity index (χ0) is 20.1. The molecule has 29 heavy (non-hydrogen) atoms. The first-order valence-corrected chi connectivity index (χ1v) is 10.2. The van der Waals surface area contributed by atoms with Crippen molar-refractivity contribution in [2.75, 3.05) is 18.1 Å². The van der Waals surface area contributed by atoms with Gasteiger partial charge in [-0.25, -0.2) is 0 Å². The van der Waals surface area contributed by atoms with Crippen LogP contribution < -0.4 is 9.64 Å². The van der Waals surface area contributed by atoms with E-state index in [-0.39, 0.29) is 0 Å². The van der Waals surface area contributed by atoms with E-state index in [4.69, 9.17) is 14.7 Å². The van der Waals surface area contributed by atoms with Crippen LogP contribution in [-0.4, -0.2) is 34.1 Å². The van der Waals surface area contributed by atoms with Crippen molar-refractivity contribution in [3.05, 3.63) is 83.7 Å². The van der Waals surface area contributed by atoms with Crippen LogP contribution in [0.4, 0.5) is 5.82 Å². The average Bonchev–Trinajstić information content (AvgIpc) is 2.94. The molecule has 1 aliphatic rings. The maximum Gasteiger partial charge on any atom is 0.239 e. The van der Waals surface area contributed by atoms with Gasteiger partial charge in [0.15, 0.2) is 5.82 Å². The molecule has 0 radical (unpaired) electrons. The fourth-order valence-electron chi connectivity index (χ4n) is 3.60. The summed E-state index contributed by atoms with van der Waals surface area (Å²) in [6.45, 7) is 8.28. The number of hydrogen-bond donors (Lipinski definition) is 0. The fraction of sp³-hybridized carbons (Fsp3) is 0.333. The van der Waals surface area contributed by atoms with Crippen LogP contribution >= 0.6 is 0 Å². The molecule has 0 amide bonds. The highest BCUT2D eigenvalue weighted by Gasteiger charge is 2.21. The fourth-order valence-corrected chi connectivity index (χ4v) is 3.60. The summed E-state index contributed by atoms with van der Waals surface area (Å²) in [5, 5.41) is 0. The Morgan fingerprint density at radius 2 is 1.69 bits per heavy atom. The molecule has 0 bridgehead atoms. The van der Waals surface area contributed by atoms with Gasteiger partial charge in [0.1, 0.15) is 12.3 Å². The normalized spacial score (nSPS) is 14.2. The lowest BCUT2D eigenvalue weighted by molar-refractivity contribution is 0.217. The quantitative estimate of drug-likeness (QED) is 0.630. The summed E-state index contributed by atoms with van der Waals surface area (Å²) in [5.74, 6) is 1.52. The first kappa shape index (κ1) is 19.4. The molecule has 0 fully saturated rings. The van der Waals surface area contributed by atoms with Crippen LogP contribution in [0.2, 0.25) is 0 Å². The summed E-state index contributed by atoms with van der Waals surface area (Å²) in [7, 11) is 0. The number of rotatable bonds is 6. The second kappa shape index (κ2) is 9.05. The Hall–Kier alpha value is -2.92. The van der Waals surface area contributed by atoms with E-state index in [1.54, 1.807) is 0 Å². The molecule has 0 saturated heterocycles. The molecule has 4 rings (SSSR count). The van der Waals surface area contributed by atoms with Gasteiger partial charge >= 0.3 is 0 Å². The van der Waals surface area contributed by atoms with E-state index in [1.807, 2.05) is 18.3 Å². The van der Waals surface area contributed by atoms with Crippen molar-refractivity contribution < 1.29 is 4.74 Å². The first-order chi connectivity index (χ1) is 14.2. The lowest BCUT2D eigenvalue weighted by Crippen LogP contribution is -2.31. The predicted molar refractivity (Wildman–Crippen MR) is 116 cm³/mol. The van der Waals surface area contributed by atoms with Gasteiger partial charge < -0.3 is 9.64 Å². The SMILES string of the molecule is CC(C)N(Cc1ccccc1)c1cnc2c(n1)OCCN(Cc1ccccc1)C2. The van der Waals surface area contributed by atoms with E-state index in [1.165, 1.54) is 11.1 Å². The molecule has 0 saturated carbocycles. The van der Waals surface area contributed by atoms with Crippen LogP contribution in [0.3, 0.4) is 0 Å². The molecule has 1 aromatic heterocycles. The molecule has 5 nitrogen and oxygen atoms in total. The largest absolute Gasteiger partial charge is 0.475 e. The van der Waals surface area contributed by atoms with Gasteiger partial charge in [-0.2, -0.15) is 4.98 Å². The maximum absolute atomic E-state index is 6.00. The Bertz CT molecular complexity index is 915. The smallest absolute Gasteiger partial charge is 0.239 e. The molecule has 0 N–H and O–H groups in total. The molecular formula is C24H28N4O. The van der Waals surface area contributed by atoms with E-state index >= 15 is 0 Å². The number of anilines is 1. The number of ether oxygens (including phenoxy) is 1. The zero-order valence-electron chi connectivity index (χ0n) is 17.2. The van der Waals surface area contributed by atoms with Crippen molar-refractivity contribution in [3.63, 3.8) is 0 Å². The van der Waals surface area contributed by atoms with E-state index in [0.717, 1.165) is 37.7 Å². The van der Waals surface area contributed by atoms with Gasteiger partial charge in [-0.3, -0.25) is 9.88 Å². The number of benzene rings is 2. The molecule has 0 spiro atoms. The monoisotopic (exact) mass is 388 g/mol. The third kappa shape index (κ3) is 4.93. The standard InChI is InChI=1S/C24H28N4O/c1-19(2)28(17-21-11-7-4-8-12-21)23-15-25-22-18-27(13-14-29-24(22)26-23)16-20-9-5-3-6-10-20/h3-12,15,19H,13-14,16-18H2,1-2H3. The Morgan fingerprint density at radius 1 is 1.00 bits per heavy atom. The van der Waals surface area contributed by atoms with Crippen LogP contribution in [-0.2, 0) is 19.6 Å². The summed E-state index contributed by atoms with van der Waals surface area (Å²) in [6, 6.07) is 21.3. The zero-order valence-corrected chi connectivity index (χ0v) is 17.2. The molecule has 150 valence electrons. The summed E-state index contributed by atoms with van der Waals surface area (Å²) < 4.78 is 6.00. The number of hydrogen-bond acceptors (Lipinski definition) is 5. The predicted octanol–water partition coefficient (Wildman–Crippen LogP) is 4.29. The van der Waals surface area contributed by atoms with Crippen molar-refractivity contribution in [1.82, 2.24) is 14.9 Å². The highest BCUT2D eigenvalue weighted by molar-refractivity contribution is 5.42. The minimum Gasteiger partial charge on any atom is -0.475 e. The third-order valence-corrected chi connectivity index (χ3v) is 5.18. The molecule has 2 heterocycles. The highest BCUT2D eigenvalue weighted by Crippen LogP contribution is 2.25. The molecule has 5 heteroatoms. The van der Waals surface area contributed by atoms with E-state index in [0.29, 0.717) is 18.5 Å². The second-order valence-electron chi connectivity index (χ2n) is 7.73. The van der Waals surface area contributed by atoms with Crippen LogP contribution in [0.15, 0.2) is 66.9 Å². The number of aromatic nitrogens is 2. The lowest BCUT2D eigenvalue weighted by atomic mass is 10.2. The summed E-state index contributed by atoms with van der Waals surface area (Å²) in [4.78, 5) is 14.2. The van der Waals surface area contributed by atoms with Gasteiger partial charge in [-0.15, -0.1) is 0 Å². The van der Waals surface area contributed by atoms with Crippen molar-refractivity contribution in [2.45, 2.75) is 39.5 Å². The van der Waals surface area contributed by atoms with Gasteiger partial charge in [-0.1, -0.05) is 60.7 Å². The van der Waals surface area contributed by atoms with E-state index < -0.39 is 0 Å². The minimum atomic E-state index is 0.308. The van der Waals surface area contributed by atoms with Crippen LogP contribution in [0.25, 0.3) is 0 Å².